The van der Waals surface area contributed by atoms with E-state index in [1.54, 1.807) is 0 Å². The highest BCUT2D eigenvalue weighted by atomic mass is 14.7. The monoisotopic (exact) mass is 187 g/mol. The Balaban J connectivity index is 2.37. The van der Waals surface area contributed by atoms with Crippen LogP contribution in [-0.4, -0.2) is 4.98 Å². The third kappa shape index (κ3) is 1.87. The van der Waals surface area contributed by atoms with Gasteiger partial charge in [0.1, 0.15) is 0 Å². The predicted octanol–water partition coefficient (Wildman–Crippen LogP) is 3.38. The average molecular weight is 187 g/mol. The summed E-state index contributed by atoms with van der Waals surface area (Å²) in [5.74, 6) is 0. The molecule has 1 aromatic heterocycles. The molecule has 0 atom stereocenters. The Morgan fingerprint density at radius 1 is 1.21 bits per heavy atom. The maximum atomic E-state index is 4.43. The second-order valence-electron chi connectivity index (χ2n) is 4.18. The van der Waals surface area contributed by atoms with E-state index in [1.807, 2.05) is 13.1 Å². The molecule has 0 amide bonds. The molecule has 0 saturated carbocycles. The summed E-state index contributed by atoms with van der Waals surface area (Å²) in [6, 6.07) is 2.23. The van der Waals surface area contributed by atoms with Gasteiger partial charge < -0.3 is 0 Å². The highest BCUT2D eigenvalue weighted by molar-refractivity contribution is 5.58. The minimum atomic E-state index is 1.06. The summed E-state index contributed by atoms with van der Waals surface area (Å²) in [7, 11) is 0. The topological polar surface area (TPSA) is 12.9 Å². The van der Waals surface area contributed by atoms with E-state index in [0.29, 0.717) is 0 Å². The van der Waals surface area contributed by atoms with Crippen molar-refractivity contribution in [1.29, 1.82) is 0 Å². The van der Waals surface area contributed by atoms with Crippen molar-refractivity contribution in [3.05, 3.63) is 35.7 Å². The number of fused-ring (bicyclic) bond motifs is 1. The van der Waals surface area contributed by atoms with E-state index in [9.17, 15) is 0 Å². The van der Waals surface area contributed by atoms with Gasteiger partial charge in [0.15, 0.2) is 0 Å². The second kappa shape index (κ2) is 3.95. The lowest BCUT2D eigenvalue weighted by Gasteiger charge is -2.07. The van der Waals surface area contributed by atoms with Crippen molar-refractivity contribution in [2.75, 3.05) is 0 Å². The molecule has 1 aromatic rings. The van der Waals surface area contributed by atoms with Crippen LogP contribution < -0.4 is 0 Å². The molecule has 0 N–H and O–H groups in total. The zero-order valence-electron chi connectivity index (χ0n) is 8.84. The summed E-state index contributed by atoms with van der Waals surface area (Å²) in [6.07, 6.45) is 8.48. The molecule has 1 heteroatoms. The maximum Gasteiger partial charge on any atom is 0.0655 e. The van der Waals surface area contributed by atoms with E-state index >= 15 is 0 Å². The Kier molecular flexibility index (Phi) is 2.67. The molecular formula is C13H17N. The van der Waals surface area contributed by atoms with Crippen LogP contribution in [0.5, 0.6) is 0 Å². The van der Waals surface area contributed by atoms with Gasteiger partial charge in [0.2, 0.25) is 0 Å². The van der Waals surface area contributed by atoms with Gasteiger partial charge in [0.25, 0.3) is 0 Å². The number of aromatic nitrogens is 1. The van der Waals surface area contributed by atoms with Crippen molar-refractivity contribution in [3.8, 4) is 0 Å². The van der Waals surface area contributed by atoms with Crippen LogP contribution in [0.15, 0.2) is 18.8 Å². The van der Waals surface area contributed by atoms with Crippen molar-refractivity contribution < 1.29 is 0 Å². The van der Waals surface area contributed by atoms with Crippen molar-refractivity contribution in [3.63, 3.8) is 0 Å². The first-order valence-electron chi connectivity index (χ1n) is 5.41. The van der Waals surface area contributed by atoms with Gasteiger partial charge in [-0.3, -0.25) is 4.98 Å². The van der Waals surface area contributed by atoms with Gasteiger partial charge >= 0.3 is 0 Å². The first-order valence-corrected chi connectivity index (χ1v) is 5.41. The highest BCUT2D eigenvalue weighted by Gasteiger charge is 2.09. The molecule has 0 aromatic carbocycles. The van der Waals surface area contributed by atoms with Crippen LogP contribution in [0.4, 0.5) is 0 Å². The number of pyridine rings is 1. The van der Waals surface area contributed by atoms with Crippen LogP contribution in [-0.2, 0) is 12.8 Å². The molecule has 14 heavy (non-hydrogen) atoms. The minimum absolute atomic E-state index is 1.06. The first kappa shape index (κ1) is 9.45. The SMILES string of the molecule is C=C(C)c1cc2c(cn1)CCCCC2. The van der Waals surface area contributed by atoms with E-state index in [1.165, 1.54) is 43.2 Å². The highest BCUT2D eigenvalue weighted by Crippen LogP contribution is 2.22. The Morgan fingerprint density at radius 3 is 2.64 bits per heavy atom. The molecule has 0 saturated heterocycles. The number of aryl methyl sites for hydroxylation is 2. The van der Waals surface area contributed by atoms with E-state index in [2.05, 4.69) is 17.6 Å². The summed E-state index contributed by atoms with van der Waals surface area (Å²) in [5.41, 5.74) is 5.07. The molecule has 1 heterocycles. The Labute approximate surface area is 85.9 Å². The van der Waals surface area contributed by atoms with Crippen LogP contribution >= 0.6 is 0 Å². The van der Waals surface area contributed by atoms with Gasteiger partial charge in [-0.1, -0.05) is 13.0 Å². The molecule has 1 nitrogen and oxygen atoms in total. The van der Waals surface area contributed by atoms with E-state index < -0.39 is 0 Å². The molecule has 74 valence electrons. The van der Waals surface area contributed by atoms with Gasteiger partial charge in [-0.2, -0.15) is 0 Å². The molecule has 0 fully saturated rings. The molecular weight excluding hydrogens is 170 g/mol. The number of rotatable bonds is 1. The molecule has 0 bridgehead atoms. The molecule has 1 aliphatic carbocycles. The number of hydrogen-bond acceptors (Lipinski definition) is 1. The third-order valence-electron chi connectivity index (χ3n) is 2.91. The second-order valence-corrected chi connectivity index (χ2v) is 4.18. The third-order valence-corrected chi connectivity index (χ3v) is 2.91. The summed E-state index contributed by atoms with van der Waals surface area (Å²) in [6.45, 7) is 5.95. The van der Waals surface area contributed by atoms with Crippen LogP contribution in [0.2, 0.25) is 0 Å². The van der Waals surface area contributed by atoms with Crippen LogP contribution in [0.25, 0.3) is 5.57 Å². The molecule has 0 radical (unpaired) electrons. The fourth-order valence-electron chi connectivity index (χ4n) is 2.02. The summed E-state index contributed by atoms with van der Waals surface area (Å²) in [5, 5.41) is 0. The summed E-state index contributed by atoms with van der Waals surface area (Å²) < 4.78 is 0. The van der Waals surface area contributed by atoms with Crippen LogP contribution in [0.3, 0.4) is 0 Å². The fourth-order valence-corrected chi connectivity index (χ4v) is 2.02. The van der Waals surface area contributed by atoms with Crippen molar-refractivity contribution >= 4 is 5.57 Å². The van der Waals surface area contributed by atoms with Gasteiger partial charge in [0.05, 0.1) is 5.69 Å². The fraction of sp³-hybridized carbons (Fsp3) is 0.462. The van der Waals surface area contributed by atoms with E-state index in [0.717, 1.165) is 11.3 Å². The van der Waals surface area contributed by atoms with E-state index in [4.69, 9.17) is 0 Å². The Bertz CT molecular complexity index is 352. The number of hydrogen-bond donors (Lipinski definition) is 0. The van der Waals surface area contributed by atoms with Crippen molar-refractivity contribution in [1.82, 2.24) is 4.98 Å². The summed E-state index contributed by atoms with van der Waals surface area (Å²) >= 11 is 0. The molecule has 2 rings (SSSR count). The Hall–Kier alpha value is -1.11. The molecule has 0 spiro atoms. The van der Waals surface area contributed by atoms with Gasteiger partial charge in [0, 0.05) is 6.20 Å². The van der Waals surface area contributed by atoms with E-state index in [-0.39, 0.29) is 0 Å². The minimum Gasteiger partial charge on any atom is -0.256 e. The van der Waals surface area contributed by atoms with Gasteiger partial charge in [-0.25, -0.2) is 0 Å². The lowest BCUT2D eigenvalue weighted by molar-refractivity contribution is 0.711. The Morgan fingerprint density at radius 2 is 1.93 bits per heavy atom. The van der Waals surface area contributed by atoms with Gasteiger partial charge in [-0.15, -0.1) is 0 Å². The van der Waals surface area contributed by atoms with Crippen LogP contribution in [0.1, 0.15) is 43.0 Å². The largest absolute Gasteiger partial charge is 0.256 e. The quantitative estimate of drug-likeness (QED) is 0.614. The summed E-state index contributed by atoms with van der Waals surface area (Å²) in [4.78, 5) is 4.43. The standard InChI is InChI=1S/C13H17N/c1-10(2)13-8-11-6-4-3-5-7-12(11)9-14-13/h8-9H,1,3-7H2,2H3. The molecule has 1 aliphatic rings. The molecule has 0 aliphatic heterocycles. The zero-order chi connectivity index (χ0) is 9.97. The molecule has 0 unspecified atom stereocenters. The van der Waals surface area contributed by atoms with Crippen LogP contribution in [0, 0.1) is 0 Å². The first-order chi connectivity index (χ1) is 6.77. The zero-order valence-corrected chi connectivity index (χ0v) is 8.84. The van der Waals surface area contributed by atoms with Gasteiger partial charge in [-0.05, 0) is 55.4 Å². The number of nitrogens with zero attached hydrogens (tertiary/aromatic N) is 1. The van der Waals surface area contributed by atoms with Crippen molar-refractivity contribution in [2.24, 2.45) is 0 Å². The van der Waals surface area contributed by atoms with Crippen molar-refractivity contribution in [2.45, 2.75) is 39.0 Å². The smallest absolute Gasteiger partial charge is 0.0655 e. The average Bonchev–Trinajstić information content (AvgIpc) is 2.41. The normalized spacial score (nSPS) is 15.8. The maximum absolute atomic E-state index is 4.43. The lowest BCUT2D eigenvalue weighted by atomic mass is 10.0. The lowest BCUT2D eigenvalue weighted by Crippen LogP contribution is -1.95. The number of allylic oxidation sites excluding steroid dienone is 1. The predicted molar refractivity (Wildman–Crippen MR) is 60.2 cm³/mol.